The van der Waals surface area contributed by atoms with E-state index >= 15 is 0 Å². The molecule has 7 heteroatoms. The molecule has 0 radical (unpaired) electrons. The van der Waals surface area contributed by atoms with Gasteiger partial charge in [0.25, 0.3) is 5.91 Å². The zero-order valence-electron chi connectivity index (χ0n) is 14.1. The fourth-order valence-electron chi connectivity index (χ4n) is 2.26. The van der Waals surface area contributed by atoms with Crippen molar-refractivity contribution in [1.82, 2.24) is 10.2 Å². The van der Waals surface area contributed by atoms with Crippen LogP contribution in [0.3, 0.4) is 0 Å². The molecule has 3 amide bonds. The van der Waals surface area contributed by atoms with E-state index in [2.05, 4.69) is 0 Å². The van der Waals surface area contributed by atoms with Crippen molar-refractivity contribution in [3.63, 3.8) is 0 Å². The molecule has 2 heterocycles. The third-order valence-corrected chi connectivity index (χ3v) is 3.19. The Morgan fingerprint density at radius 1 is 1.40 bits per heavy atom. The van der Waals surface area contributed by atoms with Gasteiger partial charge in [0.1, 0.15) is 11.9 Å². The largest absolute Gasteiger partial charge is 0.398 e. The van der Waals surface area contributed by atoms with Crippen LogP contribution in [0.25, 0.3) is 0 Å². The topological polar surface area (TPSA) is 92.5 Å². The number of rotatable bonds is 1. The van der Waals surface area contributed by atoms with E-state index in [1.54, 1.807) is 5.32 Å². The van der Waals surface area contributed by atoms with E-state index in [4.69, 9.17) is 11.2 Å². The highest BCUT2D eigenvalue weighted by Crippen LogP contribution is 2.31. The Labute approximate surface area is 119 Å². The van der Waals surface area contributed by atoms with Gasteiger partial charge in [-0.1, -0.05) is 0 Å². The van der Waals surface area contributed by atoms with Crippen molar-refractivity contribution in [1.29, 1.82) is 0 Å². The maximum atomic E-state index is 13.5. The first-order valence-electron chi connectivity index (χ1n) is 7.72. The zero-order chi connectivity index (χ0) is 18.0. The number of nitrogens with zero attached hydrogens (tertiary/aromatic N) is 1. The number of hydrogen-bond acceptors (Lipinski definition) is 4. The summed E-state index contributed by atoms with van der Waals surface area (Å²) < 4.78 is 44.5. The van der Waals surface area contributed by atoms with Crippen molar-refractivity contribution in [2.45, 2.75) is 25.3 Å². The van der Waals surface area contributed by atoms with Crippen LogP contribution >= 0.6 is 0 Å². The van der Waals surface area contributed by atoms with Gasteiger partial charge in [-0.2, -0.15) is 0 Å². The van der Waals surface area contributed by atoms with E-state index in [0.717, 1.165) is 17.0 Å². The van der Waals surface area contributed by atoms with Gasteiger partial charge >= 0.3 is 0 Å². The van der Waals surface area contributed by atoms with Crippen molar-refractivity contribution >= 4 is 23.4 Å². The summed E-state index contributed by atoms with van der Waals surface area (Å²) in [6.07, 6.45) is -6.01. The zero-order valence-corrected chi connectivity index (χ0v) is 10.1. The maximum absolute atomic E-state index is 13.5. The Bertz CT molecular complexity index is 799. The van der Waals surface area contributed by atoms with Gasteiger partial charge in [-0.05, 0) is 18.5 Å². The molecule has 1 aromatic rings. The van der Waals surface area contributed by atoms with Crippen LogP contribution in [0.2, 0.25) is 0 Å². The number of nitrogens with two attached hydrogens (primary N) is 1. The lowest BCUT2D eigenvalue weighted by atomic mass is 10.0. The van der Waals surface area contributed by atoms with Crippen LogP contribution in [0.4, 0.5) is 10.1 Å². The van der Waals surface area contributed by atoms with E-state index in [0.29, 0.717) is 0 Å². The van der Waals surface area contributed by atoms with Gasteiger partial charge in [-0.15, -0.1) is 0 Å². The van der Waals surface area contributed by atoms with Gasteiger partial charge in [0.15, 0.2) is 0 Å². The number of halogens is 1. The molecule has 1 fully saturated rings. The molecular weight excluding hydrogens is 265 g/mol. The second-order valence-corrected chi connectivity index (χ2v) is 4.44. The number of hydrogen-bond donors (Lipinski definition) is 2. The number of nitrogens with one attached hydrogen (secondary N) is 1. The standard InChI is InChI=1S/C13H12FN3O3/c14-6-3-7-8(9(15)4-6)5-17(13(7)20)10-1-2-11(18)16-12(10)19/h3-4,10H,1-2,5,15H2,(H,16,18,19)/t10-/m0/s1/i1D2,2D2. The summed E-state index contributed by atoms with van der Waals surface area (Å²) >= 11 is 0. The number of anilines is 1. The molecule has 104 valence electrons. The maximum Gasteiger partial charge on any atom is 0.255 e. The normalized spacial score (nSPS) is 29.9. The molecule has 3 rings (SSSR count). The van der Waals surface area contributed by atoms with Gasteiger partial charge in [-0.3, -0.25) is 19.7 Å². The Balaban J connectivity index is 2.07. The van der Waals surface area contributed by atoms with Crippen molar-refractivity contribution in [3.05, 3.63) is 29.1 Å². The van der Waals surface area contributed by atoms with Crippen molar-refractivity contribution in [3.8, 4) is 0 Å². The van der Waals surface area contributed by atoms with Crippen LogP contribution in [-0.2, 0) is 16.1 Å². The van der Waals surface area contributed by atoms with Crippen LogP contribution in [0, 0.1) is 5.82 Å². The number of carbonyl (C=O) groups excluding carboxylic acids is 3. The average Bonchev–Trinajstić information content (AvgIpc) is 2.75. The summed E-state index contributed by atoms with van der Waals surface area (Å²) in [6.45, 7) is -0.290. The minimum Gasteiger partial charge on any atom is -0.398 e. The van der Waals surface area contributed by atoms with Gasteiger partial charge < -0.3 is 10.6 Å². The fourth-order valence-corrected chi connectivity index (χ4v) is 2.26. The molecule has 0 bridgehead atoms. The van der Waals surface area contributed by atoms with Crippen molar-refractivity contribution in [2.75, 3.05) is 5.73 Å². The molecule has 3 N–H and O–H groups in total. The predicted octanol–water partition coefficient (Wildman–Crippen LogP) is 0.169. The molecule has 0 aliphatic carbocycles. The van der Waals surface area contributed by atoms with E-state index in [1.807, 2.05) is 0 Å². The minimum absolute atomic E-state index is 0.0308. The average molecular weight is 281 g/mol. The summed E-state index contributed by atoms with van der Waals surface area (Å²) in [4.78, 5) is 36.9. The fraction of sp³-hybridized carbons (Fsp3) is 0.308. The number of nitrogen functional groups attached to an aromatic ring is 1. The highest BCUT2D eigenvalue weighted by Gasteiger charge is 2.39. The van der Waals surface area contributed by atoms with Crippen LogP contribution in [0.5, 0.6) is 0 Å². The van der Waals surface area contributed by atoms with Crippen molar-refractivity contribution in [2.24, 2.45) is 0 Å². The highest BCUT2D eigenvalue weighted by atomic mass is 19.1. The van der Waals surface area contributed by atoms with Crippen LogP contribution in [0.1, 0.15) is 34.2 Å². The van der Waals surface area contributed by atoms with Crippen LogP contribution < -0.4 is 11.1 Å². The van der Waals surface area contributed by atoms with Gasteiger partial charge in [0, 0.05) is 35.2 Å². The minimum atomic E-state index is -3.03. The van der Waals surface area contributed by atoms with Crippen LogP contribution in [-0.4, -0.2) is 28.7 Å². The summed E-state index contributed by atoms with van der Waals surface area (Å²) in [5.41, 5.74) is 5.74. The molecule has 0 aromatic heterocycles. The number of imide groups is 1. The lowest BCUT2D eigenvalue weighted by Crippen LogP contribution is -2.52. The smallest absolute Gasteiger partial charge is 0.255 e. The molecule has 0 spiro atoms. The third kappa shape index (κ3) is 1.82. The van der Waals surface area contributed by atoms with E-state index < -0.39 is 42.3 Å². The number of benzene rings is 1. The lowest BCUT2D eigenvalue weighted by molar-refractivity contribution is -0.136. The first kappa shape index (κ1) is 8.68. The van der Waals surface area contributed by atoms with Gasteiger partial charge in [0.05, 0.1) is 0 Å². The summed E-state index contributed by atoms with van der Waals surface area (Å²) in [5, 5.41) is 1.73. The second-order valence-electron chi connectivity index (χ2n) is 4.44. The molecule has 1 aromatic carbocycles. The Kier molecular flexibility index (Phi) is 1.86. The van der Waals surface area contributed by atoms with Crippen LogP contribution in [0.15, 0.2) is 12.1 Å². The number of amides is 3. The highest BCUT2D eigenvalue weighted by molar-refractivity contribution is 6.06. The predicted molar refractivity (Wildman–Crippen MR) is 66.9 cm³/mol. The first-order chi connectivity index (χ1) is 11.0. The van der Waals surface area contributed by atoms with Crippen molar-refractivity contribution < 1.29 is 24.3 Å². The monoisotopic (exact) mass is 281 g/mol. The van der Waals surface area contributed by atoms with E-state index in [9.17, 15) is 18.8 Å². The lowest BCUT2D eigenvalue weighted by Gasteiger charge is -2.29. The molecule has 20 heavy (non-hydrogen) atoms. The SMILES string of the molecule is [2H]C1([2H])C(=O)NC(=O)[C@@H](N2Cc3c(N)cc(F)cc3C2=O)C1([2H])[2H]. The number of piperidine rings is 1. The Hall–Kier alpha value is -2.44. The summed E-state index contributed by atoms with van der Waals surface area (Å²) in [5.74, 6) is -4.17. The molecule has 0 unspecified atom stereocenters. The molecule has 1 saturated heterocycles. The van der Waals surface area contributed by atoms with E-state index in [-0.39, 0.29) is 23.4 Å². The molecule has 6 nitrogen and oxygen atoms in total. The molecular formula is C13H12FN3O3. The summed E-state index contributed by atoms with van der Waals surface area (Å²) in [7, 11) is 0. The first-order valence-corrected chi connectivity index (χ1v) is 5.72. The number of carbonyl (C=O) groups is 3. The second kappa shape index (κ2) is 4.29. The molecule has 1 atom stereocenters. The molecule has 2 aliphatic rings. The quantitative estimate of drug-likeness (QED) is 0.567. The summed E-state index contributed by atoms with van der Waals surface area (Å²) in [6, 6.07) is 0.0190. The Morgan fingerprint density at radius 2 is 2.15 bits per heavy atom. The molecule has 0 saturated carbocycles. The molecule has 2 aliphatic heterocycles. The Morgan fingerprint density at radius 3 is 2.90 bits per heavy atom. The van der Waals surface area contributed by atoms with Gasteiger partial charge in [0.2, 0.25) is 11.8 Å². The third-order valence-electron chi connectivity index (χ3n) is 3.19. The van der Waals surface area contributed by atoms with E-state index in [1.165, 1.54) is 0 Å². The van der Waals surface area contributed by atoms with Gasteiger partial charge in [-0.25, -0.2) is 4.39 Å². The number of fused-ring (bicyclic) bond motifs is 1.